The summed E-state index contributed by atoms with van der Waals surface area (Å²) >= 11 is 3.62. The minimum absolute atomic E-state index is 0.180. The predicted octanol–water partition coefficient (Wildman–Crippen LogP) is 3.07. The van der Waals surface area contributed by atoms with Gasteiger partial charge in [0, 0.05) is 28.6 Å². The minimum atomic E-state index is 0.180. The fraction of sp³-hybridized carbons (Fsp3) is 0.333. The van der Waals surface area contributed by atoms with Gasteiger partial charge in [-0.05, 0) is 13.0 Å². The van der Waals surface area contributed by atoms with Crippen molar-refractivity contribution in [2.45, 2.75) is 18.2 Å². The Kier molecular flexibility index (Phi) is 3.78. The van der Waals surface area contributed by atoms with Crippen molar-refractivity contribution in [3.8, 4) is 5.88 Å². The third kappa shape index (κ3) is 3.06. The normalized spacial score (nSPS) is 12.4. The van der Waals surface area contributed by atoms with Crippen molar-refractivity contribution in [3.05, 3.63) is 41.7 Å². The van der Waals surface area contributed by atoms with Crippen molar-refractivity contribution in [1.82, 2.24) is 9.97 Å². The zero-order valence-electron chi connectivity index (χ0n) is 9.68. The molecule has 2 aromatic rings. The highest BCUT2D eigenvalue weighted by molar-refractivity contribution is 9.09. The van der Waals surface area contributed by atoms with Gasteiger partial charge in [-0.2, -0.15) is 0 Å². The summed E-state index contributed by atoms with van der Waals surface area (Å²) in [5, 5.41) is 0. The van der Waals surface area contributed by atoms with Gasteiger partial charge in [0.05, 0.1) is 13.4 Å². The number of alkyl halides is 1. The molecule has 0 aliphatic carbocycles. The molecule has 0 saturated heterocycles. The van der Waals surface area contributed by atoms with E-state index in [1.54, 1.807) is 13.4 Å². The van der Waals surface area contributed by atoms with Crippen LogP contribution in [0.15, 0.2) is 29.1 Å². The first kappa shape index (κ1) is 12.1. The molecule has 0 aromatic carbocycles. The second kappa shape index (κ2) is 5.31. The van der Waals surface area contributed by atoms with Gasteiger partial charge in [-0.25, -0.2) is 9.97 Å². The number of halogens is 1. The van der Waals surface area contributed by atoms with E-state index < -0.39 is 0 Å². The zero-order valence-corrected chi connectivity index (χ0v) is 11.3. The van der Waals surface area contributed by atoms with Crippen molar-refractivity contribution in [2.24, 2.45) is 0 Å². The number of hydrogen-bond acceptors (Lipinski definition) is 4. The van der Waals surface area contributed by atoms with Crippen LogP contribution >= 0.6 is 15.9 Å². The molecule has 0 spiro atoms. The molecule has 0 aliphatic rings. The SMILES string of the molecule is COc1cc(CC(Br)c2coc(C)c2)ncn1. The van der Waals surface area contributed by atoms with Crippen molar-refractivity contribution < 1.29 is 9.15 Å². The summed E-state index contributed by atoms with van der Waals surface area (Å²) in [6.45, 7) is 1.93. The first-order valence-corrected chi connectivity index (χ1v) is 6.14. The van der Waals surface area contributed by atoms with Crippen molar-refractivity contribution in [1.29, 1.82) is 0 Å². The smallest absolute Gasteiger partial charge is 0.216 e. The number of nitrogens with zero attached hydrogens (tertiary/aromatic N) is 2. The maximum Gasteiger partial charge on any atom is 0.216 e. The van der Waals surface area contributed by atoms with Gasteiger partial charge in [0.15, 0.2) is 0 Å². The summed E-state index contributed by atoms with van der Waals surface area (Å²) in [5.41, 5.74) is 2.04. The lowest BCUT2D eigenvalue weighted by Gasteiger charge is -2.07. The number of methoxy groups -OCH3 is 1. The highest BCUT2D eigenvalue weighted by Crippen LogP contribution is 2.28. The summed E-state index contributed by atoms with van der Waals surface area (Å²) in [6, 6.07) is 3.85. The maximum absolute atomic E-state index is 5.28. The van der Waals surface area contributed by atoms with E-state index in [1.165, 1.54) is 6.33 Å². The summed E-state index contributed by atoms with van der Waals surface area (Å²) in [6.07, 6.45) is 4.03. The van der Waals surface area contributed by atoms with E-state index in [1.807, 2.05) is 19.1 Å². The second-order valence-electron chi connectivity index (χ2n) is 3.71. The summed E-state index contributed by atoms with van der Waals surface area (Å²) < 4.78 is 10.3. The van der Waals surface area contributed by atoms with Crippen LogP contribution in [0.5, 0.6) is 5.88 Å². The van der Waals surface area contributed by atoms with Gasteiger partial charge in [0.1, 0.15) is 12.1 Å². The molecule has 0 saturated carbocycles. The first-order valence-electron chi connectivity index (χ1n) is 5.23. The van der Waals surface area contributed by atoms with Gasteiger partial charge in [-0.1, -0.05) is 15.9 Å². The number of furan rings is 1. The molecule has 4 nitrogen and oxygen atoms in total. The average molecular weight is 297 g/mol. The molecule has 2 rings (SSSR count). The Hall–Kier alpha value is -1.36. The minimum Gasteiger partial charge on any atom is -0.481 e. The summed E-state index contributed by atoms with van der Waals surface area (Å²) in [7, 11) is 1.59. The Bertz CT molecular complexity index is 499. The molecule has 1 atom stereocenters. The Balaban J connectivity index is 2.09. The lowest BCUT2D eigenvalue weighted by Crippen LogP contribution is -1.98. The van der Waals surface area contributed by atoms with Crippen LogP contribution in [0.1, 0.15) is 21.8 Å². The Morgan fingerprint density at radius 1 is 1.41 bits per heavy atom. The molecule has 90 valence electrons. The average Bonchev–Trinajstić information content (AvgIpc) is 2.76. The van der Waals surface area contributed by atoms with Crippen LogP contribution < -0.4 is 4.74 Å². The third-order valence-electron chi connectivity index (χ3n) is 2.41. The number of ether oxygens (including phenoxy) is 1. The highest BCUT2D eigenvalue weighted by Gasteiger charge is 2.12. The zero-order chi connectivity index (χ0) is 12.3. The van der Waals surface area contributed by atoms with Gasteiger partial charge in [0.2, 0.25) is 5.88 Å². The molecule has 0 amide bonds. The molecule has 0 fully saturated rings. The number of rotatable bonds is 4. The standard InChI is InChI=1S/C12H13BrN2O2/c1-8-3-9(6-17-8)11(13)4-10-5-12(16-2)15-7-14-10/h3,5-7,11H,4H2,1-2H3. The van der Waals surface area contributed by atoms with Crippen LogP contribution in [0.3, 0.4) is 0 Å². The fourth-order valence-corrected chi connectivity index (χ4v) is 2.10. The third-order valence-corrected chi connectivity index (χ3v) is 3.26. The van der Waals surface area contributed by atoms with Gasteiger partial charge in [0.25, 0.3) is 0 Å². The molecular weight excluding hydrogens is 284 g/mol. The number of aromatic nitrogens is 2. The number of hydrogen-bond donors (Lipinski definition) is 0. The molecular formula is C12H13BrN2O2. The van der Waals surface area contributed by atoms with Crippen LogP contribution in [0, 0.1) is 6.92 Å². The molecule has 0 N–H and O–H groups in total. The molecule has 2 heterocycles. The van der Waals surface area contributed by atoms with Crippen LogP contribution in [-0.4, -0.2) is 17.1 Å². The van der Waals surface area contributed by atoms with E-state index in [4.69, 9.17) is 9.15 Å². The molecule has 0 radical (unpaired) electrons. The van der Waals surface area contributed by atoms with E-state index in [-0.39, 0.29) is 4.83 Å². The lowest BCUT2D eigenvalue weighted by molar-refractivity contribution is 0.396. The second-order valence-corrected chi connectivity index (χ2v) is 4.82. The highest BCUT2D eigenvalue weighted by atomic mass is 79.9. The fourth-order valence-electron chi connectivity index (χ4n) is 1.53. The van der Waals surface area contributed by atoms with E-state index in [2.05, 4.69) is 25.9 Å². The van der Waals surface area contributed by atoms with Gasteiger partial charge < -0.3 is 9.15 Å². The molecule has 17 heavy (non-hydrogen) atoms. The van der Waals surface area contributed by atoms with E-state index >= 15 is 0 Å². The van der Waals surface area contributed by atoms with E-state index in [0.717, 1.165) is 23.4 Å². The monoisotopic (exact) mass is 296 g/mol. The predicted molar refractivity (Wildman–Crippen MR) is 67.4 cm³/mol. The van der Waals surface area contributed by atoms with Gasteiger partial charge in [-0.15, -0.1) is 0 Å². The molecule has 0 bridgehead atoms. The van der Waals surface area contributed by atoms with Crippen LogP contribution in [-0.2, 0) is 6.42 Å². The van der Waals surface area contributed by atoms with Crippen LogP contribution in [0.4, 0.5) is 0 Å². The summed E-state index contributed by atoms with van der Waals surface area (Å²) in [5.74, 6) is 1.49. The Morgan fingerprint density at radius 2 is 2.24 bits per heavy atom. The molecule has 1 unspecified atom stereocenters. The quantitative estimate of drug-likeness (QED) is 0.814. The Labute approximate surface area is 108 Å². The van der Waals surface area contributed by atoms with Crippen molar-refractivity contribution in [3.63, 3.8) is 0 Å². The van der Waals surface area contributed by atoms with Gasteiger partial charge >= 0.3 is 0 Å². The van der Waals surface area contributed by atoms with Crippen molar-refractivity contribution in [2.75, 3.05) is 7.11 Å². The largest absolute Gasteiger partial charge is 0.481 e. The first-order chi connectivity index (χ1) is 8.19. The maximum atomic E-state index is 5.28. The van der Waals surface area contributed by atoms with Crippen LogP contribution in [0.2, 0.25) is 0 Å². The number of aryl methyl sites for hydroxylation is 1. The van der Waals surface area contributed by atoms with Gasteiger partial charge in [-0.3, -0.25) is 0 Å². The lowest BCUT2D eigenvalue weighted by atomic mass is 10.1. The molecule has 5 heteroatoms. The topological polar surface area (TPSA) is 48.2 Å². The summed E-state index contributed by atoms with van der Waals surface area (Å²) in [4.78, 5) is 8.36. The van der Waals surface area contributed by atoms with E-state index in [0.29, 0.717) is 5.88 Å². The van der Waals surface area contributed by atoms with Crippen LogP contribution in [0.25, 0.3) is 0 Å². The molecule has 2 aromatic heterocycles. The van der Waals surface area contributed by atoms with E-state index in [9.17, 15) is 0 Å². The Morgan fingerprint density at radius 3 is 2.88 bits per heavy atom. The molecule has 0 aliphatic heterocycles. The van der Waals surface area contributed by atoms with Crippen molar-refractivity contribution >= 4 is 15.9 Å².